The fourth-order valence-corrected chi connectivity index (χ4v) is 3.41. The summed E-state index contributed by atoms with van der Waals surface area (Å²) in [6.45, 7) is 2.21. The molecule has 1 saturated heterocycles. The number of nitrogens with one attached hydrogen (secondary N) is 1. The third kappa shape index (κ3) is 3.45. The Labute approximate surface area is 117 Å². The Hall–Kier alpha value is -1.67. The van der Waals surface area contributed by atoms with Crippen LogP contribution in [0.25, 0.3) is 0 Å². The molecule has 8 heteroatoms. The number of aromatic nitrogens is 1. The molecular formula is C12H17N3O4S. The molecule has 0 spiro atoms. The molecular weight excluding hydrogens is 282 g/mol. The first kappa shape index (κ1) is 14.7. The summed E-state index contributed by atoms with van der Waals surface area (Å²) < 4.78 is 28.1. The number of anilines is 1. The van der Waals surface area contributed by atoms with E-state index in [1.54, 1.807) is 19.1 Å². The van der Waals surface area contributed by atoms with Gasteiger partial charge in [0.1, 0.15) is 0 Å². The molecule has 0 radical (unpaired) electrons. The number of aryl methyl sites for hydroxylation is 1. The molecule has 20 heavy (non-hydrogen) atoms. The summed E-state index contributed by atoms with van der Waals surface area (Å²) >= 11 is 0. The van der Waals surface area contributed by atoms with Crippen molar-refractivity contribution in [1.29, 1.82) is 0 Å². The Balaban J connectivity index is 2.03. The number of carboxylic acids is 1. The summed E-state index contributed by atoms with van der Waals surface area (Å²) in [5.41, 5.74) is 1.17. The molecule has 1 aromatic rings. The first-order valence-corrected chi connectivity index (χ1v) is 7.76. The van der Waals surface area contributed by atoms with Gasteiger partial charge in [0.25, 0.3) is 0 Å². The van der Waals surface area contributed by atoms with E-state index in [1.807, 2.05) is 0 Å². The molecule has 2 rings (SSSR count). The first-order valence-electron chi connectivity index (χ1n) is 6.32. The molecule has 0 bridgehead atoms. The van der Waals surface area contributed by atoms with Crippen molar-refractivity contribution in [2.45, 2.75) is 19.8 Å². The second-order valence-corrected chi connectivity index (χ2v) is 6.48. The van der Waals surface area contributed by atoms with Gasteiger partial charge >= 0.3 is 16.2 Å². The highest BCUT2D eigenvalue weighted by atomic mass is 32.2. The van der Waals surface area contributed by atoms with E-state index in [4.69, 9.17) is 5.11 Å². The van der Waals surface area contributed by atoms with Crippen LogP contribution in [0.4, 0.5) is 5.69 Å². The quantitative estimate of drug-likeness (QED) is 0.858. The number of carboxylic acid groups (broad SMARTS) is 1. The van der Waals surface area contributed by atoms with Crippen molar-refractivity contribution in [1.82, 2.24) is 9.29 Å². The van der Waals surface area contributed by atoms with Gasteiger partial charge in [0.05, 0.1) is 11.6 Å². The van der Waals surface area contributed by atoms with Crippen molar-refractivity contribution in [3.63, 3.8) is 0 Å². The molecule has 1 aromatic heterocycles. The number of pyridine rings is 1. The van der Waals surface area contributed by atoms with Crippen LogP contribution in [0.5, 0.6) is 0 Å². The topological polar surface area (TPSA) is 99.6 Å². The zero-order valence-corrected chi connectivity index (χ0v) is 11.9. The standard InChI is InChI=1S/C12H17N3O4S/c1-9-8-11(2-5-13-9)14-20(18,19)15-6-3-10(4-7-15)12(16)17/h2,5,8,10H,3-4,6-7H2,1H3,(H,13,14)(H,16,17). The van der Waals surface area contributed by atoms with Crippen LogP contribution in [0.15, 0.2) is 18.3 Å². The number of aliphatic carboxylic acids is 1. The van der Waals surface area contributed by atoms with Crippen LogP contribution in [0.2, 0.25) is 0 Å². The Bertz CT molecular complexity index is 594. The van der Waals surface area contributed by atoms with Gasteiger partial charge in [-0.3, -0.25) is 14.5 Å². The molecule has 0 aromatic carbocycles. The van der Waals surface area contributed by atoms with Gasteiger partial charge in [0, 0.05) is 25.0 Å². The summed E-state index contributed by atoms with van der Waals surface area (Å²) in [6.07, 6.45) is 2.21. The average molecular weight is 299 g/mol. The van der Waals surface area contributed by atoms with Crippen molar-refractivity contribution in [2.24, 2.45) is 5.92 Å². The molecule has 0 aliphatic carbocycles. The van der Waals surface area contributed by atoms with E-state index in [0.29, 0.717) is 18.5 Å². The van der Waals surface area contributed by atoms with Gasteiger partial charge in [-0.15, -0.1) is 0 Å². The molecule has 110 valence electrons. The van der Waals surface area contributed by atoms with E-state index in [1.165, 1.54) is 10.5 Å². The van der Waals surface area contributed by atoms with Gasteiger partial charge in [-0.05, 0) is 31.9 Å². The van der Waals surface area contributed by atoms with E-state index < -0.39 is 22.1 Å². The van der Waals surface area contributed by atoms with Gasteiger partial charge in [-0.25, -0.2) is 0 Å². The second-order valence-electron chi connectivity index (χ2n) is 4.80. The number of piperidine rings is 1. The molecule has 0 saturated carbocycles. The van der Waals surface area contributed by atoms with Crippen molar-refractivity contribution in [2.75, 3.05) is 17.8 Å². The maximum atomic E-state index is 12.2. The lowest BCUT2D eigenvalue weighted by molar-refractivity contribution is -0.142. The minimum Gasteiger partial charge on any atom is -0.481 e. The number of nitrogens with zero attached hydrogens (tertiary/aromatic N) is 2. The highest BCUT2D eigenvalue weighted by molar-refractivity contribution is 7.90. The van der Waals surface area contributed by atoms with Crippen molar-refractivity contribution in [3.05, 3.63) is 24.0 Å². The monoisotopic (exact) mass is 299 g/mol. The third-order valence-corrected chi connectivity index (χ3v) is 4.83. The predicted molar refractivity (Wildman–Crippen MR) is 73.4 cm³/mol. The largest absolute Gasteiger partial charge is 0.481 e. The molecule has 2 heterocycles. The van der Waals surface area contributed by atoms with E-state index >= 15 is 0 Å². The van der Waals surface area contributed by atoms with Crippen LogP contribution in [-0.4, -0.2) is 41.9 Å². The fraction of sp³-hybridized carbons (Fsp3) is 0.500. The van der Waals surface area contributed by atoms with Crippen LogP contribution in [0.3, 0.4) is 0 Å². The minimum atomic E-state index is -3.64. The molecule has 2 N–H and O–H groups in total. The zero-order chi connectivity index (χ0) is 14.8. The van der Waals surface area contributed by atoms with Crippen LogP contribution < -0.4 is 4.72 Å². The summed E-state index contributed by atoms with van der Waals surface area (Å²) in [6, 6.07) is 3.22. The Morgan fingerprint density at radius 2 is 2.10 bits per heavy atom. The van der Waals surface area contributed by atoms with Crippen LogP contribution in [-0.2, 0) is 15.0 Å². The molecule has 0 atom stereocenters. The zero-order valence-electron chi connectivity index (χ0n) is 11.1. The van der Waals surface area contributed by atoms with E-state index in [9.17, 15) is 13.2 Å². The van der Waals surface area contributed by atoms with Crippen LogP contribution >= 0.6 is 0 Å². The smallest absolute Gasteiger partial charge is 0.306 e. The van der Waals surface area contributed by atoms with Gasteiger partial charge < -0.3 is 5.11 Å². The second kappa shape index (κ2) is 5.76. The highest BCUT2D eigenvalue weighted by Crippen LogP contribution is 2.21. The molecule has 0 amide bonds. The summed E-state index contributed by atoms with van der Waals surface area (Å²) in [4.78, 5) is 14.8. The van der Waals surface area contributed by atoms with Crippen molar-refractivity contribution >= 4 is 21.9 Å². The molecule has 7 nitrogen and oxygen atoms in total. The van der Waals surface area contributed by atoms with Gasteiger partial charge in [-0.1, -0.05) is 0 Å². The van der Waals surface area contributed by atoms with E-state index in [0.717, 1.165) is 5.69 Å². The number of carbonyl (C=O) groups is 1. The van der Waals surface area contributed by atoms with Crippen molar-refractivity contribution in [3.8, 4) is 0 Å². The molecule has 1 aliphatic heterocycles. The summed E-state index contributed by atoms with van der Waals surface area (Å²) in [7, 11) is -3.64. The predicted octanol–water partition coefficient (Wildman–Crippen LogP) is 0.843. The minimum absolute atomic E-state index is 0.219. The maximum absolute atomic E-state index is 12.2. The first-order chi connectivity index (χ1) is 9.38. The van der Waals surface area contributed by atoms with Crippen LogP contribution in [0.1, 0.15) is 18.5 Å². The Morgan fingerprint density at radius 1 is 1.45 bits per heavy atom. The van der Waals surface area contributed by atoms with E-state index in [2.05, 4.69) is 9.71 Å². The van der Waals surface area contributed by atoms with Crippen LogP contribution in [0, 0.1) is 12.8 Å². The lowest BCUT2D eigenvalue weighted by Crippen LogP contribution is -2.42. The SMILES string of the molecule is Cc1cc(NS(=O)(=O)N2CCC(C(=O)O)CC2)ccn1. The third-order valence-electron chi connectivity index (χ3n) is 3.29. The normalized spacial score (nSPS) is 17.9. The Kier molecular flexibility index (Phi) is 4.24. The number of hydrogen-bond acceptors (Lipinski definition) is 4. The van der Waals surface area contributed by atoms with E-state index in [-0.39, 0.29) is 13.1 Å². The molecule has 0 unspecified atom stereocenters. The number of rotatable bonds is 4. The number of hydrogen-bond donors (Lipinski definition) is 2. The lowest BCUT2D eigenvalue weighted by Gasteiger charge is -2.29. The lowest BCUT2D eigenvalue weighted by atomic mass is 9.99. The summed E-state index contributed by atoms with van der Waals surface area (Å²) in [5, 5.41) is 8.90. The molecule has 1 aliphatic rings. The van der Waals surface area contributed by atoms with Gasteiger partial charge in [-0.2, -0.15) is 12.7 Å². The van der Waals surface area contributed by atoms with Gasteiger partial charge in [0.2, 0.25) is 0 Å². The summed E-state index contributed by atoms with van der Waals surface area (Å²) in [5.74, 6) is -1.32. The molecule has 1 fully saturated rings. The average Bonchev–Trinajstić information content (AvgIpc) is 2.38. The Morgan fingerprint density at radius 3 is 2.65 bits per heavy atom. The fourth-order valence-electron chi connectivity index (χ4n) is 2.17. The van der Waals surface area contributed by atoms with Gasteiger partial charge in [0.15, 0.2) is 0 Å². The highest BCUT2D eigenvalue weighted by Gasteiger charge is 2.30. The van der Waals surface area contributed by atoms with Crippen molar-refractivity contribution < 1.29 is 18.3 Å². The maximum Gasteiger partial charge on any atom is 0.306 e.